The molecule has 0 saturated carbocycles. The van der Waals surface area contributed by atoms with Gasteiger partial charge in [-0.15, -0.1) is 0 Å². The fraction of sp³-hybridized carbons (Fsp3) is 0.421. The molecule has 0 aromatic heterocycles. The summed E-state index contributed by atoms with van der Waals surface area (Å²) in [5.41, 5.74) is 1.03. The molecule has 5 nitrogen and oxygen atoms in total. The number of hydrogen-bond acceptors (Lipinski definition) is 5. The summed E-state index contributed by atoms with van der Waals surface area (Å²) < 4.78 is 10.6. The molecule has 1 aromatic rings. The molecule has 0 radical (unpaired) electrons. The number of rotatable bonds is 6. The van der Waals surface area contributed by atoms with Crippen molar-refractivity contribution in [3.63, 3.8) is 0 Å². The van der Waals surface area contributed by atoms with E-state index in [9.17, 15) is 14.4 Å². The van der Waals surface area contributed by atoms with Gasteiger partial charge in [-0.05, 0) is 32.3 Å². The number of benzene rings is 1. The highest BCUT2D eigenvalue weighted by Crippen LogP contribution is 2.32. The molecule has 0 fully saturated rings. The first-order valence-corrected chi connectivity index (χ1v) is 8.02. The van der Waals surface area contributed by atoms with Gasteiger partial charge < -0.3 is 9.47 Å². The molecule has 1 aliphatic carbocycles. The highest BCUT2D eigenvalue weighted by molar-refractivity contribution is 6.01. The van der Waals surface area contributed by atoms with Crippen molar-refractivity contribution in [3.8, 4) is 0 Å². The van der Waals surface area contributed by atoms with Crippen LogP contribution in [0.25, 0.3) is 0 Å². The standard InChI is InChI=1S/C19H22O5/c1-12(2)23-19(22)18(13(3)20)24-17-10-15(9-16(21)11-17)14-7-5-4-6-8-14/h4-8,11-12,15,18H,9-10H2,1-3H3/t15-,18-/m0/s1. The highest BCUT2D eigenvalue weighted by atomic mass is 16.6. The lowest BCUT2D eigenvalue weighted by molar-refractivity contribution is -0.162. The lowest BCUT2D eigenvalue weighted by Gasteiger charge is -2.25. The number of esters is 1. The van der Waals surface area contributed by atoms with E-state index in [1.165, 1.54) is 13.0 Å². The first-order chi connectivity index (χ1) is 11.4. The van der Waals surface area contributed by atoms with E-state index in [4.69, 9.17) is 9.47 Å². The van der Waals surface area contributed by atoms with Gasteiger partial charge in [0.05, 0.1) is 6.10 Å². The zero-order valence-electron chi connectivity index (χ0n) is 14.2. The number of hydrogen-bond donors (Lipinski definition) is 0. The van der Waals surface area contributed by atoms with Crippen LogP contribution in [0.1, 0.15) is 45.1 Å². The Balaban J connectivity index is 2.13. The Bertz CT molecular complexity index is 645. The summed E-state index contributed by atoms with van der Waals surface area (Å²) in [4.78, 5) is 35.8. The predicted octanol–water partition coefficient (Wildman–Crippen LogP) is 2.94. The Labute approximate surface area is 141 Å². The number of allylic oxidation sites excluding steroid dienone is 2. The monoisotopic (exact) mass is 330 g/mol. The van der Waals surface area contributed by atoms with Crippen LogP contribution in [0.15, 0.2) is 42.2 Å². The molecule has 2 rings (SSSR count). The maximum Gasteiger partial charge on any atom is 0.355 e. The van der Waals surface area contributed by atoms with E-state index in [2.05, 4.69) is 0 Å². The normalized spacial score (nSPS) is 18.8. The Kier molecular flexibility index (Phi) is 5.90. The van der Waals surface area contributed by atoms with E-state index in [1.807, 2.05) is 30.3 Å². The third-order valence-corrected chi connectivity index (χ3v) is 3.69. The number of carbonyl (C=O) groups excluding carboxylic acids is 3. The van der Waals surface area contributed by atoms with E-state index in [0.29, 0.717) is 18.6 Å². The van der Waals surface area contributed by atoms with Crippen LogP contribution < -0.4 is 0 Å². The molecule has 0 N–H and O–H groups in total. The molecule has 2 atom stereocenters. The van der Waals surface area contributed by atoms with E-state index in [1.54, 1.807) is 13.8 Å². The molecular formula is C19H22O5. The van der Waals surface area contributed by atoms with Crippen LogP contribution >= 0.6 is 0 Å². The van der Waals surface area contributed by atoms with Crippen molar-refractivity contribution >= 4 is 17.5 Å². The minimum atomic E-state index is -1.33. The van der Waals surface area contributed by atoms with E-state index >= 15 is 0 Å². The molecule has 0 aliphatic heterocycles. The van der Waals surface area contributed by atoms with Crippen molar-refractivity contribution in [3.05, 3.63) is 47.7 Å². The summed E-state index contributed by atoms with van der Waals surface area (Å²) in [6.45, 7) is 4.67. The van der Waals surface area contributed by atoms with Crippen molar-refractivity contribution < 1.29 is 23.9 Å². The van der Waals surface area contributed by atoms with Crippen molar-refractivity contribution in [1.29, 1.82) is 0 Å². The zero-order chi connectivity index (χ0) is 17.7. The third kappa shape index (κ3) is 4.78. The van der Waals surface area contributed by atoms with Gasteiger partial charge in [0.25, 0.3) is 6.10 Å². The molecule has 0 unspecified atom stereocenters. The fourth-order valence-electron chi connectivity index (χ4n) is 2.64. The van der Waals surface area contributed by atoms with Gasteiger partial charge in [0.2, 0.25) is 0 Å². The zero-order valence-corrected chi connectivity index (χ0v) is 14.2. The number of ketones is 2. The smallest absolute Gasteiger partial charge is 0.355 e. The molecule has 0 bridgehead atoms. The summed E-state index contributed by atoms with van der Waals surface area (Å²) in [5, 5.41) is 0. The van der Waals surface area contributed by atoms with Crippen LogP contribution in [0.3, 0.4) is 0 Å². The van der Waals surface area contributed by atoms with E-state index < -0.39 is 17.9 Å². The second-order valence-electron chi connectivity index (χ2n) is 6.19. The van der Waals surface area contributed by atoms with Crippen molar-refractivity contribution in [2.45, 2.75) is 51.7 Å². The van der Waals surface area contributed by atoms with E-state index in [0.717, 1.165) is 5.56 Å². The lowest BCUT2D eigenvalue weighted by Crippen LogP contribution is -2.35. The van der Waals surface area contributed by atoms with Gasteiger partial charge in [-0.3, -0.25) is 9.59 Å². The maximum atomic E-state index is 12.0. The molecule has 5 heteroatoms. The summed E-state index contributed by atoms with van der Waals surface area (Å²) in [6, 6.07) is 9.65. The van der Waals surface area contributed by atoms with Gasteiger partial charge in [0.1, 0.15) is 5.76 Å². The summed E-state index contributed by atoms with van der Waals surface area (Å²) in [7, 11) is 0. The first kappa shape index (κ1) is 17.9. The van der Waals surface area contributed by atoms with Gasteiger partial charge in [0, 0.05) is 18.9 Å². The topological polar surface area (TPSA) is 69.7 Å². The van der Waals surface area contributed by atoms with E-state index in [-0.39, 0.29) is 17.8 Å². The maximum absolute atomic E-state index is 12.0. The average molecular weight is 330 g/mol. The summed E-state index contributed by atoms with van der Waals surface area (Å²) in [5.74, 6) is -0.929. The summed E-state index contributed by atoms with van der Waals surface area (Å²) >= 11 is 0. The quantitative estimate of drug-likeness (QED) is 0.592. The SMILES string of the molecule is CC(=O)[C@H](OC1=CC(=O)C[C@H](c2ccccc2)C1)C(=O)OC(C)C. The van der Waals surface area contributed by atoms with Crippen LogP contribution in [-0.2, 0) is 23.9 Å². The van der Waals surface area contributed by atoms with Gasteiger partial charge in [-0.25, -0.2) is 4.79 Å². The van der Waals surface area contributed by atoms with Crippen LogP contribution in [0.2, 0.25) is 0 Å². The average Bonchev–Trinajstić information content (AvgIpc) is 2.52. The van der Waals surface area contributed by atoms with Crippen LogP contribution in [-0.4, -0.2) is 29.7 Å². The minimum Gasteiger partial charge on any atom is -0.475 e. The molecule has 1 aromatic carbocycles. The second kappa shape index (κ2) is 7.90. The number of carbonyl (C=O) groups is 3. The third-order valence-electron chi connectivity index (χ3n) is 3.69. The molecule has 128 valence electrons. The van der Waals surface area contributed by atoms with Gasteiger partial charge in [0.15, 0.2) is 11.6 Å². The Morgan fingerprint density at radius 1 is 1.12 bits per heavy atom. The predicted molar refractivity (Wildman–Crippen MR) is 88.3 cm³/mol. The molecule has 0 saturated heterocycles. The Morgan fingerprint density at radius 2 is 1.79 bits per heavy atom. The van der Waals surface area contributed by atoms with Crippen molar-refractivity contribution in [2.24, 2.45) is 0 Å². The molecule has 1 aliphatic rings. The number of ether oxygens (including phenoxy) is 2. The molecule has 0 spiro atoms. The lowest BCUT2D eigenvalue weighted by atomic mass is 9.86. The first-order valence-electron chi connectivity index (χ1n) is 8.02. The van der Waals surface area contributed by atoms with Crippen LogP contribution in [0, 0.1) is 0 Å². The van der Waals surface area contributed by atoms with Gasteiger partial charge in [-0.1, -0.05) is 30.3 Å². The summed E-state index contributed by atoms with van der Waals surface area (Å²) in [6.07, 6.45) is 0.549. The van der Waals surface area contributed by atoms with Crippen molar-refractivity contribution in [2.75, 3.05) is 0 Å². The largest absolute Gasteiger partial charge is 0.475 e. The Hall–Kier alpha value is -2.43. The highest BCUT2D eigenvalue weighted by Gasteiger charge is 2.31. The second-order valence-corrected chi connectivity index (χ2v) is 6.19. The van der Waals surface area contributed by atoms with Crippen LogP contribution in [0.5, 0.6) is 0 Å². The molecule has 0 amide bonds. The Morgan fingerprint density at radius 3 is 2.38 bits per heavy atom. The van der Waals surface area contributed by atoms with Gasteiger partial charge >= 0.3 is 5.97 Å². The number of Topliss-reactive ketones (excluding diaryl/α,β-unsaturated/α-hetero) is 1. The minimum absolute atomic E-state index is 0.0209. The molecule has 24 heavy (non-hydrogen) atoms. The van der Waals surface area contributed by atoms with Crippen LogP contribution in [0.4, 0.5) is 0 Å². The van der Waals surface area contributed by atoms with Gasteiger partial charge in [-0.2, -0.15) is 0 Å². The fourth-order valence-corrected chi connectivity index (χ4v) is 2.64. The molecular weight excluding hydrogens is 308 g/mol. The molecule has 0 heterocycles. The van der Waals surface area contributed by atoms with Crippen molar-refractivity contribution in [1.82, 2.24) is 0 Å².